The minimum absolute atomic E-state index is 0.688. The van der Waals surface area contributed by atoms with Crippen molar-refractivity contribution in [2.45, 2.75) is 25.9 Å². The molecule has 0 N–H and O–H groups in total. The van der Waals surface area contributed by atoms with E-state index in [9.17, 15) is 0 Å². The first-order valence-electron chi connectivity index (χ1n) is 6.14. The normalized spacial score (nSPS) is 16.0. The van der Waals surface area contributed by atoms with Gasteiger partial charge in [-0.25, -0.2) is 0 Å². The van der Waals surface area contributed by atoms with E-state index in [4.69, 9.17) is 9.47 Å². The van der Waals surface area contributed by atoms with Gasteiger partial charge in [-0.15, -0.1) is 0 Å². The predicted molar refractivity (Wildman–Crippen MR) is 64.3 cm³/mol. The van der Waals surface area contributed by atoms with Crippen LogP contribution in [0.2, 0.25) is 0 Å². The van der Waals surface area contributed by atoms with Crippen molar-refractivity contribution in [1.29, 1.82) is 0 Å². The highest BCUT2D eigenvalue weighted by molar-refractivity contribution is 5.13. The summed E-state index contributed by atoms with van der Waals surface area (Å²) in [7, 11) is 0. The second kappa shape index (κ2) is 6.66. The number of hydrogen-bond donors (Lipinski definition) is 0. The monoisotopic (exact) mass is 220 g/mol. The number of ether oxygens (including phenoxy) is 2. The van der Waals surface area contributed by atoms with Gasteiger partial charge in [-0.3, -0.25) is 0 Å². The first-order chi connectivity index (χ1) is 7.95. The van der Waals surface area contributed by atoms with Crippen molar-refractivity contribution in [2.24, 2.45) is 5.92 Å². The largest absolute Gasteiger partial charge is 0.379 e. The molecule has 1 saturated carbocycles. The van der Waals surface area contributed by atoms with Crippen molar-refractivity contribution < 1.29 is 9.47 Å². The maximum absolute atomic E-state index is 5.55. The van der Waals surface area contributed by atoms with E-state index in [2.05, 4.69) is 12.1 Å². The van der Waals surface area contributed by atoms with Gasteiger partial charge in [0.05, 0.1) is 19.8 Å². The summed E-state index contributed by atoms with van der Waals surface area (Å²) in [4.78, 5) is 0. The third-order valence-corrected chi connectivity index (χ3v) is 3.06. The van der Waals surface area contributed by atoms with Crippen molar-refractivity contribution in [3.05, 3.63) is 35.9 Å². The van der Waals surface area contributed by atoms with E-state index >= 15 is 0 Å². The lowest BCUT2D eigenvalue weighted by Crippen LogP contribution is -2.18. The molecule has 88 valence electrons. The molecule has 2 nitrogen and oxygen atoms in total. The molecular formula is C14H20O2. The van der Waals surface area contributed by atoms with Gasteiger partial charge in [0, 0.05) is 6.61 Å². The Bertz CT molecular complexity index is 280. The number of rotatable bonds is 7. The molecule has 16 heavy (non-hydrogen) atoms. The summed E-state index contributed by atoms with van der Waals surface area (Å²) in [5.74, 6) is 0.828. The molecule has 0 saturated heterocycles. The maximum atomic E-state index is 5.55. The van der Waals surface area contributed by atoms with Crippen molar-refractivity contribution in [2.75, 3.05) is 19.8 Å². The number of hydrogen-bond acceptors (Lipinski definition) is 2. The Labute approximate surface area is 97.6 Å². The summed E-state index contributed by atoms with van der Waals surface area (Å²) < 4.78 is 11.1. The van der Waals surface area contributed by atoms with Gasteiger partial charge in [0.25, 0.3) is 0 Å². The Balaban J connectivity index is 1.45. The topological polar surface area (TPSA) is 18.5 Å². The van der Waals surface area contributed by atoms with E-state index in [1.165, 1.54) is 24.8 Å². The predicted octanol–water partition coefficient (Wildman–Crippen LogP) is 3.02. The van der Waals surface area contributed by atoms with Crippen LogP contribution in [0.3, 0.4) is 0 Å². The molecule has 0 heterocycles. The summed E-state index contributed by atoms with van der Waals surface area (Å²) in [6.07, 6.45) is 4.09. The van der Waals surface area contributed by atoms with Crippen LogP contribution in [-0.4, -0.2) is 19.8 Å². The van der Waals surface area contributed by atoms with Crippen LogP contribution < -0.4 is 0 Å². The first kappa shape index (κ1) is 11.6. The zero-order chi connectivity index (χ0) is 11.1. The van der Waals surface area contributed by atoms with Crippen LogP contribution in [-0.2, 0) is 16.1 Å². The molecule has 1 fully saturated rings. The Morgan fingerprint density at radius 2 is 1.75 bits per heavy atom. The van der Waals surface area contributed by atoms with Gasteiger partial charge >= 0.3 is 0 Å². The molecular weight excluding hydrogens is 200 g/mol. The van der Waals surface area contributed by atoms with E-state index in [0.717, 1.165) is 19.1 Å². The van der Waals surface area contributed by atoms with Crippen LogP contribution in [0, 0.1) is 5.92 Å². The van der Waals surface area contributed by atoms with Gasteiger partial charge in [-0.2, -0.15) is 0 Å². The van der Waals surface area contributed by atoms with Gasteiger partial charge in [0.2, 0.25) is 0 Å². The lowest BCUT2D eigenvalue weighted by atomic mass is 9.86. The van der Waals surface area contributed by atoms with Crippen LogP contribution >= 0.6 is 0 Å². The van der Waals surface area contributed by atoms with Crippen molar-refractivity contribution in [3.63, 3.8) is 0 Å². The van der Waals surface area contributed by atoms with E-state index in [0.29, 0.717) is 13.2 Å². The van der Waals surface area contributed by atoms with Gasteiger partial charge in [0.15, 0.2) is 0 Å². The summed E-state index contributed by atoms with van der Waals surface area (Å²) >= 11 is 0. The third-order valence-electron chi connectivity index (χ3n) is 3.06. The SMILES string of the molecule is c1ccc(COCCOCC2CCC2)cc1. The van der Waals surface area contributed by atoms with Gasteiger partial charge in [0.1, 0.15) is 0 Å². The maximum Gasteiger partial charge on any atom is 0.0718 e. The summed E-state index contributed by atoms with van der Waals surface area (Å²) in [6, 6.07) is 10.2. The van der Waals surface area contributed by atoms with E-state index in [-0.39, 0.29) is 0 Å². The molecule has 0 bridgehead atoms. The summed E-state index contributed by atoms with van der Waals surface area (Å²) in [5, 5.41) is 0. The highest BCUT2D eigenvalue weighted by atomic mass is 16.5. The Kier molecular flexibility index (Phi) is 4.84. The van der Waals surface area contributed by atoms with Crippen molar-refractivity contribution in [3.8, 4) is 0 Å². The Morgan fingerprint density at radius 1 is 1.00 bits per heavy atom. The zero-order valence-electron chi connectivity index (χ0n) is 9.73. The number of benzene rings is 1. The van der Waals surface area contributed by atoms with Crippen molar-refractivity contribution >= 4 is 0 Å². The lowest BCUT2D eigenvalue weighted by molar-refractivity contribution is 0.0156. The highest BCUT2D eigenvalue weighted by Crippen LogP contribution is 2.26. The van der Waals surface area contributed by atoms with Crippen LogP contribution in [0.15, 0.2) is 30.3 Å². The zero-order valence-corrected chi connectivity index (χ0v) is 9.73. The fraction of sp³-hybridized carbons (Fsp3) is 0.571. The van der Waals surface area contributed by atoms with Crippen LogP contribution in [0.1, 0.15) is 24.8 Å². The van der Waals surface area contributed by atoms with E-state index < -0.39 is 0 Å². The Hall–Kier alpha value is -0.860. The molecule has 0 aromatic heterocycles. The van der Waals surface area contributed by atoms with E-state index in [1.807, 2.05) is 18.2 Å². The second-order valence-electron chi connectivity index (χ2n) is 4.41. The minimum atomic E-state index is 0.688. The molecule has 0 amide bonds. The molecule has 2 heteroatoms. The molecule has 1 aromatic rings. The minimum Gasteiger partial charge on any atom is -0.379 e. The quantitative estimate of drug-likeness (QED) is 0.658. The lowest BCUT2D eigenvalue weighted by Gasteiger charge is -2.24. The molecule has 0 aliphatic heterocycles. The molecule has 2 rings (SSSR count). The fourth-order valence-electron chi connectivity index (χ4n) is 1.79. The molecule has 1 aromatic carbocycles. The molecule has 0 spiro atoms. The molecule has 0 atom stereocenters. The summed E-state index contributed by atoms with van der Waals surface area (Å²) in [6.45, 7) is 3.03. The van der Waals surface area contributed by atoms with Crippen molar-refractivity contribution in [1.82, 2.24) is 0 Å². The first-order valence-corrected chi connectivity index (χ1v) is 6.14. The Morgan fingerprint density at radius 3 is 2.44 bits per heavy atom. The van der Waals surface area contributed by atoms with Crippen LogP contribution in [0.4, 0.5) is 0 Å². The standard InChI is InChI=1S/C14H20O2/c1-2-5-13(6-3-1)11-15-9-10-16-12-14-7-4-8-14/h1-3,5-6,14H,4,7-12H2. The highest BCUT2D eigenvalue weighted by Gasteiger charge is 2.16. The van der Waals surface area contributed by atoms with Gasteiger partial charge in [-0.1, -0.05) is 36.8 Å². The van der Waals surface area contributed by atoms with Gasteiger partial charge in [-0.05, 0) is 24.3 Å². The average Bonchev–Trinajstić information content (AvgIpc) is 2.27. The second-order valence-corrected chi connectivity index (χ2v) is 4.41. The molecule has 0 unspecified atom stereocenters. The fourth-order valence-corrected chi connectivity index (χ4v) is 1.79. The smallest absolute Gasteiger partial charge is 0.0718 e. The summed E-state index contributed by atoms with van der Waals surface area (Å²) in [5.41, 5.74) is 1.22. The third kappa shape index (κ3) is 3.95. The van der Waals surface area contributed by atoms with Crippen LogP contribution in [0.25, 0.3) is 0 Å². The van der Waals surface area contributed by atoms with Crippen LogP contribution in [0.5, 0.6) is 0 Å². The van der Waals surface area contributed by atoms with E-state index in [1.54, 1.807) is 0 Å². The van der Waals surface area contributed by atoms with Gasteiger partial charge < -0.3 is 9.47 Å². The molecule has 1 aliphatic rings. The molecule has 1 aliphatic carbocycles. The molecule has 0 radical (unpaired) electrons. The average molecular weight is 220 g/mol.